The first-order chi connectivity index (χ1) is 12.6. The normalized spacial score (nSPS) is 14.2. The molecule has 2 amide bonds. The molecule has 0 spiro atoms. The molecule has 1 fully saturated rings. The van der Waals surface area contributed by atoms with E-state index >= 15 is 0 Å². The van der Waals surface area contributed by atoms with Crippen LogP contribution in [0.3, 0.4) is 0 Å². The minimum atomic E-state index is -0.488. The van der Waals surface area contributed by atoms with Gasteiger partial charge in [-0.3, -0.25) is 0 Å². The number of esters is 1. The summed E-state index contributed by atoms with van der Waals surface area (Å²) in [5.74, 6) is 0.326. The number of nitrogens with one attached hydrogen (secondary N) is 2. The van der Waals surface area contributed by atoms with Crippen LogP contribution in [0, 0.1) is 0 Å². The molecule has 2 N–H and O–H groups in total. The summed E-state index contributed by atoms with van der Waals surface area (Å²) in [6, 6.07) is 14.4. The predicted molar refractivity (Wildman–Crippen MR) is 98.7 cm³/mol. The van der Waals surface area contributed by atoms with Gasteiger partial charge in [0.2, 0.25) is 0 Å². The predicted octanol–water partition coefficient (Wildman–Crippen LogP) is 3.34. The van der Waals surface area contributed by atoms with E-state index in [2.05, 4.69) is 10.6 Å². The minimum absolute atomic E-state index is 0.0223. The van der Waals surface area contributed by atoms with Gasteiger partial charge in [0.05, 0.1) is 25.5 Å². The van der Waals surface area contributed by atoms with Crippen LogP contribution in [0.1, 0.15) is 28.8 Å². The van der Waals surface area contributed by atoms with E-state index in [1.807, 2.05) is 24.3 Å². The van der Waals surface area contributed by atoms with Crippen molar-refractivity contribution in [2.75, 3.05) is 26.1 Å². The number of benzene rings is 2. The van der Waals surface area contributed by atoms with Gasteiger partial charge in [-0.2, -0.15) is 0 Å². The van der Waals surface area contributed by atoms with Crippen molar-refractivity contribution < 1.29 is 19.1 Å². The Bertz CT molecular complexity index is 798. The Kier molecular flexibility index (Phi) is 5.11. The van der Waals surface area contributed by atoms with Gasteiger partial charge in [0.25, 0.3) is 0 Å². The van der Waals surface area contributed by atoms with Crippen molar-refractivity contribution in [2.45, 2.75) is 18.3 Å². The Balaban J connectivity index is 1.62. The van der Waals surface area contributed by atoms with Crippen LogP contribution in [-0.4, -0.2) is 32.8 Å². The fourth-order valence-corrected chi connectivity index (χ4v) is 2.96. The highest BCUT2D eigenvalue weighted by Crippen LogP contribution is 2.47. The van der Waals surface area contributed by atoms with Crippen molar-refractivity contribution in [1.82, 2.24) is 5.32 Å². The van der Waals surface area contributed by atoms with Crippen molar-refractivity contribution in [2.24, 2.45) is 0 Å². The second kappa shape index (κ2) is 7.47. The molecule has 0 bridgehead atoms. The van der Waals surface area contributed by atoms with Gasteiger partial charge in [0, 0.05) is 12.0 Å². The largest absolute Gasteiger partial charge is 0.497 e. The van der Waals surface area contributed by atoms with Gasteiger partial charge in [-0.05, 0) is 42.7 Å². The highest BCUT2D eigenvalue weighted by molar-refractivity contribution is 6.00. The highest BCUT2D eigenvalue weighted by atomic mass is 16.5. The standard InChI is InChI=1S/C20H22N2O4/c1-25-15-9-7-14(8-10-15)20(11-12-20)13-21-19(24)22-17-6-4-3-5-16(17)18(23)26-2/h3-10H,11-13H2,1-2H3,(H2,21,22,24). The average Bonchev–Trinajstić information content (AvgIpc) is 3.47. The molecule has 0 heterocycles. The number of hydrogen-bond donors (Lipinski definition) is 2. The van der Waals surface area contributed by atoms with E-state index in [1.165, 1.54) is 12.7 Å². The Morgan fingerprint density at radius 3 is 2.35 bits per heavy atom. The Morgan fingerprint density at radius 2 is 1.73 bits per heavy atom. The molecular weight excluding hydrogens is 332 g/mol. The first-order valence-electron chi connectivity index (χ1n) is 8.45. The van der Waals surface area contributed by atoms with Crippen LogP contribution in [0.5, 0.6) is 5.75 Å². The van der Waals surface area contributed by atoms with Crippen LogP contribution in [-0.2, 0) is 10.2 Å². The van der Waals surface area contributed by atoms with Crippen molar-refractivity contribution in [3.05, 3.63) is 59.7 Å². The molecule has 0 atom stereocenters. The molecule has 6 heteroatoms. The maximum atomic E-state index is 12.3. The third kappa shape index (κ3) is 3.79. The zero-order valence-corrected chi connectivity index (χ0v) is 14.9. The van der Waals surface area contributed by atoms with Gasteiger partial charge in [-0.15, -0.1) is 0 Å². The number of hydrogen-bond acceptors (Lipinski definition) is 4. The number of methoxy groups -OCH3 is 2. The summed E-state index contributed by atoms with van der Waals surface area (Å²) in [5, 5.41) is 5.64. The van der Waals surface area contributed by atoms with Gasteiger partial charge >= 0.3 is 12.0 Å². The van der Waals surface area contributed by atoms with Gasteiger partial charge in [0.15, 0.2) is 0 Å². The lowest BCUT2D eigenvalue weighted by molar-refractivity contribution is 0.0602. The van der Waals surface area contributed by atoms with Crippen molar-refractivity contribution in [3.8, 4) is 5.75 Å². The van der Waals surface area contributed by atoms with Crippen LogP contribution >= 0.6 is 0 Å². The van der Waals surface area contributed by atoms with Crippen LogP contribution in [0.25, 0.3) is 0 Å². The van der Waals surface area contributed by atoms with E-state index in [1.54, 1.807) is 31.4 Å². The van der Waals surface area contributed by atoms with Gasteiger partial charge in [-0.1, -0.05) is 24.3 Å². The number of carbonyl (C=O) groups is 2. The zero-order valence-electron chi connectivity index (χ0n) is 14.9. The lowest BCUT2D eigenvalue weighted by atomic mass is 9.96. The molecule has 2 aromatic rings. The van der Waals surface area contributed by atoms with Crippen LogP contribution in [0.2, 0.25) is 0 Å². The number of para-hydroxylation sites is 1. The molecule has 0 saturated heterocycles. The molecule has 1 saturated carbocycles. The summed E-state index contributed by atoms with van der Waals surface area (Å²) in [6.07, 6.45) is 2.05. The van der Waals surface area contributed by atoms with E-state index in [4.69, 9.17) is 9.47 Å². The molecule has 136 valence electrons. The first kappa shape index (κ1) is 17.8. The molecule has 26 heavy (non-hydrogen) atoms. The monoisotopic (exact) mass is 354 g/mol. The third-order valence-corrected chi connectivity index (χ3v) is 4.72. The summed E-state index contributed by atoms with van der Waals surface area (Å²) < 4.78 is 9.93. The molecule has 0 unspecified atom stereocenters. The molecule has 1 aliphatic carbocycles. The van der Waals surface area contributed by atoms with Crippen LogP contribution in [0.15, 0.2) is 48.5 Å². The van der Waals surface area contributed by atoms with E-state index in [0.29, 0.717) is 17.8 Å². The number of ether oxygens (including phenoxy) is 2. The smallest absolute Gasteiger partial charge is 0.339 e. The number of carbonyl (C=O) groups excluding carboxylic acids is 2. The number of rotatable bonds is 6. The molecule has 0 aliphatic heterocycles. The number of urea groups is 1. The minimum Gasteiger partial charge on any atom is -0.497 e. The molecule has 6 nitrogen and oxygen atoms in total. The van der Waals surface area contributed by atoms with Crippen molar-refractivity contribution in [3.63, 3.8) is 0 Å². The maximum Gasteiger partial charge on any atom is 0.339 e. The van der Waals surface area contributed by atoms with Gasteiger partial charge < -0.3 is 20.1 Å². The van der Waals surface area contributed by atoms with E-state index in [9.17, 15) is 9.59 Å². The van der Waals surface area contributed by atoms with Crippen molar-refractivity contribution in [1.29, 1.82) is 0 Å². The lowest BCUT2D eigenvalue weighted by Crippen LogP contribution is -2.35. The zero-order chi connectivity index (χ0) is 18.6. The molecule has 0 aromatic heterocycles. The fraction of sp³-hybridized carbons (Fsp3) is 0.300. The topological polar surface area (TPSA) is 76.7 Å². The third-order valence-electron chi connectivity index (χ3n) is 4.72. The Labute approximate surface area is 152 Å². The summed E-state index contributed by atoms with van der Waals surface area (Å²) in [6.45, 7) is 0.533. The molecule has 2 aromatic carbocycles. The van der Waals surface area contributed by atoms with Crippen molar-refractivity contribution >= 4 is 17.7 Å². The maximum absolute atomic E-state index is 12.3. The fourth-order valence-electron chi connectivity index (χ4n) is 2.96. The summed E-state index contributed by atoms with van der Waals surface area (Å²) in [4.78, 5) is 24.1. The summed E-state index contributed by atoms with van der Waals surface area (Å²) in [5.41, 5.74) is 1.91. The summed E-state index contributed by atoms with van der Waals surface area (Å²) in [7, 11) is 2.95. The van der Waals surface area contributed by atoms with E-state index in [-0.39, 0.29) is 11.4 Å². The quantitative estimate of drug-likeness (QED) is 0.780. The SMILES string of the molecule is COC(=O)c1ccccc1NC(=O)NCC1(c2ccc(OC)cc2)CC1. The number of anilines is 1. The number of amides is 2. The van der Waals surface area contributed by atoms with Gasteiger partial charge in [0.1, 0.15) is 5.75 Å². The second-order valence-electron chi connectivity index (χ2n) is 6.35. The molecular formula is C20H22N2O4. The summed E-state index contributed by atoms with van der Waals surface area (Å²) >= 11 is 0. The lowest BCUT2D eigenvalue weighted by Gasteiger charge is -2.18. The molecule has 1 aliphatic rings. The Morgan fingerprint density at radius 1 is 1.04 bits per heavy atom. The average molecular weight is 354 g/mol. The van der Waals surface area contributed by atoms with E-state index < -0.39 is 5.97 Å². The van der Waals surface area contributed by atoms with Gasteiger partial charge in [-0.25, -0.2) is 9.59 Å². The second-order valence-corrected chi connectivity index (χ2v) is 6.35. The van der Waals surface area contributed by atoms with Crippen LogP contribution in [0.4, 0.5) is 10.5 Å². The Hall–Kier alpha value is -3.02. The van der Waals surface area contributed by atoms with E-state index in [0.717, 1.165) is 18.6 Å². The highest BCUT2D eigenvalue weighted by Gasteiger charge is 2.44. The molecule has 3 rings (SSSR count). The first-order valence-corrected chi connectivity index (χ1v) is 8.45. The van der Waals surface area contributed by atoms with Crippen LogP contribution < -0.4 is 15.4 Å². The molecule has 0 radical (unpaired) electrons.